The largest absolute Gasteiger partial charge is 0.480 e. The highest BCUT2D eigenvalue weighted by Gasteiger charge is 2.26. The van der Waals surface area contributed by atoms with Gasteiger partial charge >= 0.3 is 5.97 Å². The highest BCUT2D eigenvalue weighted by atomic mass is 32.2. The highest BCUT2D eigenvalue weighted by molar-refractivity contribution is 7.98. The summed E-state index contributed by atoms with van der Waals surface area (Å²) in [6.45, 7) is 1.34. The average Bonchev–Trinajstić information content (AvgIpc) is 3.02. The number of benzene rings is 3. The molecular weight excluding hydrogens is 558 g/mol. The zero-order chi connectivity index (χ0) is 29.5. The van der Waals surface area contributed by atoms with Crippen LogP contribution in [0.4, 0.5) is 14.6 Å². The van der Waals surface area contributed by atoms with E-state index < -0.39 is 29.6 Å². The molecule has 0 aliphatic carbocycles. The zero-order valence-corrected chi connectivity index (χ0v) is 23.6. The number of nitrogens with zero attached hydrogens (tertiary/aromatic N) is 3. The normalized spacial score (nSPS) is 14.4. The number of piperidine rings is 1. The van der Waals surface area contributed by atoms with E-state index in [-0.39, 0.29) is 22.8 Å². The second kappa shape index (κ2) is 13.6. The van der Waals surface area contributed by atoms with E-state index in [1.807, 2.05) is 53.4 Å². The lowest BCUT2D eigenvalue weighted by Crippen LogP contribution is -2.43. The first-order valence-corrected chi connectivity index (χ1v) is 14.8. The van der Waals surface area contributed by atoms with Crippen LogP contribution in [0.5, 0.6) is 0 Å². The van der Waals surface area contributed by atoms with Gasteiger partial charge in [-0.2, -0.15) is 11.8 Å². The predicted molar refractivity (Wildman–Crippen MR) is 160 cm³/mol. The molecule has 2 N–H and O–H groups in total. The van der Waals surface area contributed by atoms with Crippen molar-refractivity contribution in [3.63, 3.8) is 0 Å². The lowest BCUT2D eigenvalue weighted by atomic mass is 9.89. The van der Waals surface area contributed by atoms with Gasteiger partial charge in [-0.25, -0.2) is 23.5 Å². The van der Waals surface area contributed by atoms with Crippen LogP contribution in [0.2, 0.25) is 0 Å². The minimum absolute atomic E-state index is 0.0482. The number of carboxylic acids is 1. The average molecular weight is 589 g/mol. The van der Waals surface area contributed by atoms with E-state index in [0.717, 1.165) is 30.5 Å². The number of thioether (sulfide) groups is 1. The molecule has 3 aromatic carbocycles. The van der Waals surface area contributed by atoms with Crippen LogP contribution >= 0.6 is 11.8 Å². The van der Waals surface area contributed by atoms with Crippen LogP contribution in [0.1, 0.15) is 40.4 Å². The van der Waals surface area contributed by atoms with Crippen molar-refractivity contribution in [2.45, 2.75) is 30.6 Å². The minimum atomic E-state index is -1.16. The molecule has 0 radical (unpaired) electrons. The number of carbonyl (C=O) groups is 2. The molecule has 0 saturated carbocycles. The number of halogens is 2. The Morgan fingerprint density at radius 2 is 1.62 bits per heavy atom. The van der Waals surface area contributed by atoms with Crippen LogP contribution < -0.4 is 10.2 Å². The number of aliphatic carboxylic acids is 1. The van der Waals surface area contributed by atoms with Crippen molar-refractivity contribution in [3.8, 4) is 11.4 Å². The summed E-state index contributed by atoms with van der Waals surface area (Å²) < 4.78 is 27.7. The van der Waals surface area contributed by atoms with Gasteiger partial charge in [-0.15, -0.1) is 0 Å². The molecule has 2 heterocycles. The number of anilines is 1. The summed E-state index contributed by atoms with van der Waals surface area (Å²) in [5.74, 6) is -2.27. The molecular formula is C32H30F2N4O3S. The van der Waals surface area contributed by atoms with Crippen molar-refractivity contribution >= 4 is 29.5 Å². The first kappa shape index (κ1) is 29.2. The van der Waals surface area contributed by atoms with Gasteiger partial charge < -0.3 is 15.3 Å². The lowest BCUT2D eigenvalue weighted by molar-refractivity contribution is -0.138. The molecule has 1 aliphatic rings. The molecule has 1 amide bonds. The van der Waals surface area contributed by atoms with Gasteiger partial charge in [0.25, 0.3) is 5.91 Å². The Bertz CT molecular complexity index is 1530. The Morgan fingerprint density at radius 3 is 2.29 bits per heavy atom. The zero-order valence-electron chi connectivity index (χ0n) is 22.7. The Balaban J connectivity index is 1.36. The van der Waals surface area contributed by atoms with Crippen LogP contribution in [0.25, 0.3) is 11.4 Å². The lowest BCUT2D eigenvalue weighted by Gasteiger charge is -2.33. The summed E-state index contributed by atoms with van der Waals surface area (Å²) in [4.78, 5) is 36.3. The van der Waals surface area contributed by atoms with Crippen molar-refractivity contribution < 1.29 is 23.5 Å². The SMILES string of the molecule is O=C(N[C@@H](CSCc1ccccc1)C(=O)O)c1cc(N2CCC(c3ccccc3)CC2)nc(-c2ccc(F)c(F)c2)n1. The second-order valence-electron chi connectivity index (χ2n) is 10.1. The van der Waals surface area contributed by atoms with Gasteiger partial charge in [-0.1, -0.05) is 60.7 Å². The summed E-state index contributed by atoms with van der Waals surface area (Å²) in [6, 6.07) is 23.6. The third-order valence-electron chi connectivity index (χ3n) is 7.21. The number of rotatable bonds is 10. The number of hydrogen-bond acceptors (Lipinski definition) is 6. The van der Waals surface area contributed by atoms with Gasteiger partial charge in [0.1, 0.15) is 17.6 Å². The fourth-order valence-corrected chi connectivity index (χ4v) is 5.93. The van der Waals surface area contributed by atoms with Crippen molar-refractivity contribution in [3.05, 3.63) is 113 Å². The van der Waals surface area contributed by atoms with Crippen LogP contribution in [-0.2, 0) is 10.5 Å². The smallest absolute Gasteiger partial charge is 0.327 e. The maximum atomic E-state index is 14.1. The number of nitrogens with one attached hydrogen (secondary N) is 1. The molecule has 4 aromatic rings. The van der Waals surface area contributed by atoms with Gasteiger partial charge in [0.15, 0.2) is 17.5 Å². The molecule has 5 rings (SSSR count). The Kier molecular flexibility index (Phi) is 9.43. The standard InChI is InChI=1S/C32H30F2N4O3S/c33-25-12-11-24(17-26(25)34)30-35-27(31(39)36-28(32(40)41)20-42-19-21-7-3-1-4-8-21)18-29(37-30)38-15-13-23(14-16-38)22-9-5-2-6-10-22/h1-12,17-18,23,28H,13-16,19-20H2,(H,36,39)(H,40,41)/t28-/m0/s1. The highest BCUT2D eigenvalue weighted by Crippen LogP contribution is 2.31. The predicted octanol–water partition coefficient (Wildman–Crippen LogP) is 5.92. The van der Waals surface area contributed by atoms with Crippen molar-refractivity contribution in [2.75, 3.05) is 23.7 Å². The van der Waals surface area contributed by atoms with Crippen LogP contribution in [-0.4, -0.2) is 51.8 Å². The maximum Gasteiger partial charge on any atom is 0.327 e. The number of carbonyl (C=O) groups excluding carboxylic acids is 1. The van der Waals surface area contributed by atoms with Gasteiger partial charge in [0, 0.05) is 36.2 Å². The first-order chi connectivity index (χ1) is 20.4. The van der Waals surface area contributed by atoms with Gasteiger partial charge in [0.05, 0.1) is 0 Å². The summed E-state index contributed by atoms with van der Waals surface area (Å²) in [7, 11) is 0. The minimum Gasteiger partial charge on any atom is -0.480 e. The quantitative estimate of drug-likeness (QED) is 0.237. The van der Waals surface area contributed by atoms with E-state index >= 15 is 0 Å². The Hall–Kier alpha value is -4.31. The Labute approximate surface area is 247 Å². The number of amides is 1. The van der Waals surface area contributed by atoms with E-state index in [4.69, 9.17) is 0 Å². The summed E-state index contributed by atoms with van der Waals surface area (Å²) in [5.41, 5.74) is 2.47. The van der Waals surface area contributed by atoms with Crippen molar-refractivity contribution in [2.24, 2.45) is 0 Å². The van der Waals surface area contributed by atoms with E-state index in [9.17, 15) is 23.5 Å². The maximum absolute atomic E-state index is 14.1. The molecule has 10 heteroatoms. The number of aromatic nitrogens is 2. The Morgan fingerprint density at radius 1 is 0.929 bits per heavy atom. The molecule has 0 unspecified atom stereocenters. The molecule has 1 aliphatic heterocycles. The molecule has 1 aromatic heterocycles. The molecule has 216 valence electrons. The second-order valence-corrected chi connectivity index (χ2v) is 11.1. The van der Waals surface area contributed by atoms with Crippen molar-refractivity contribution in [1.82, 2.24) is 15.3 Å². The molecule has 0 spiro atoms. The van der Waals surface area contributed by atoms with E-state index in [2.05, 4.69) is 27.4 Å². The van der Waals surface area contributed by atoms with Gasteiger partial charge in [0.2, 0.25) is 0 Å². The van der Waals surface area contributed by atoms with E-state index in [1.165, 1.54) is 29.5 Å². The van der Waals surface area contributed by atoms with Crippen molar-refractivity contribution in [1.29, 1.82) is 0 Å². The molecule has 0 bridgehead atoms. The molecule has 42 heavy (non-hydrogen) atoms. The van der Waals surface area contributed by atoms with E-state index in [0.29, 0.717) is 30.6 Å². The summed E-state index contributed by atoms with van der Waals surface area (Å²) >= 11 is 1.39. The topological polar surface area (TPSA) is 95.4 Å². The third kappa shape index (κ3) is 7.30. The molecule has 1 saturated heterocycles. The fraction of sp³-hybridized carbons (Fsp3) is 0.250. The van der Waals surface area contributed by atoms with E-state index in [1.54, 1.807) is 0 Å². The van der Waals surface area contributed by atoms with Crippen LogP contribution in [0, 0.1) is 11.6 Å². The van der Waals surface area contributed by atoms with Gasteiger partial charge in [-0.05, 0) is 48.1 Å². The molecule has 1 atom stereocenters. The summed E-state index contributed by atoms with van der Waals surface area (Å²) in [6.07, 6.45) is 1.74. The third-order valence-corrected chi connectivity index (χ3v) is 8.32. The number of hydrogen-bond donors (Lipinski definition) is 2. The van der Waals surface area contributed by atoms with Gasteiger partial charge in [-0.3, -0.25) is 4.79 Å². The molecule has 7 nitrogen and oxygen atoms in total. The van der Waals surface area contributed by atoms with Crippen LogP contribution in [0.3, 0.4) is 0 Å². The summed E-state index contributed by atoms with van der Waals surface area (Å²) in [5, 5.41) is 12.4. The monoisotopic (exact) mass is 588 g/mol. The first-order valence-electron chi connectivity index (χ1n) is 13.7. The molecule has 1 fully saturated rings. The van der Waals surface area contributed by atoms with Crippen LogP contribution in [0.15, 0.2) is 84.9 Å². The number of carboxylic acid groups (broad SMARTS) is 1. The fourth-order valence-electron chi connectivity index (χ4n) is 4.92.